The zero-order chi connectivity index (χ0) is 29.9. The van der Waals surface area contributed by atoms with Crippen LogP contribution in [0, 0.1) is 5.41 Å². The first-order chi connectivity index (χ1) is 20.5. The summed E-state index contributed by atoms with van der Waals surface area (Å²) < 4.78 is 16.1. The van der Waals surface area contributed by atoms with Gasteiger partial charge in [-0.2, -0.15) is 0 Å². The second kappa shape index (κ2) is 10.2. The van der Waals surface area contributed by atoms with Gasteiger partial charge in [0.1, 0.15) is 11.7 Å². The van der Waals surface area contributed by atoms with E-state index < -0.39 is 5.60 Å². The molecule has 10 nitrogen and oxygen atoms in total. The Hall–Kier alpha value is -4.25. The van der Waals surface area contributed by atoms with Crippen LogP contribution in [0.4, 0.5) is 4.79 Å². The number of benzene rings is 2. The highest BCUT2D eigenvalue weighted by Crippen LogP contribution is 2.50. The standard InChI is InChI=1S/C32H31BrN6O4/c1-31(2,3)43-30(41)37-18-32(19-37)13-23(14-32)42-24-15-34-28(35-16-24)21-6-4-5-20(11-21)17-39-27(40)9-10-38-26-12-22(33)7-8-25(26)36-29(38)39/h4-12,15-16,23H,13-14,17-19H2,1-3H3. The summed E-state index contributed by atoms with van der Waals surface area (Å²) in [6.45, 7) is 7.42. The third kappa shape index (κ3) is 5.37. The fourth-order valence-electron chi connectivity index (χ4n) is 6.04. The number of fused-ring (bicyclic) bond motifs is 3. The van der Waals surface area contributed by atoms with E-state index in [1.54, 1.807) is 34.1 Å². The molecule has 1 amide bonds. The van der Waals surface area contributed by atoms with Crippen LogP contribution in [0.2, 0.25) is 0 Å². The number of ether oxygens (including phenoxy) is 2. The van der Waals surface area contributed by atoms with E-state index in [1.165, 1.54) is 0 Å². The van der Waals surface area contributed by atoms with Crippen molar-refractivity contribution in [2.24, 2.45) is 5.41 Å². The highest BCUT2D eigenvalue weighted by molar-refractivity contribution is 9.10. The third-order valence-corrected chi connectivity index (χ3v) is 8.48. The van der Waals surface area contributed by atoms with E-state index in [0.29, 0.717) is 37.0 Å². The molecular formula is C32H31BrN6O4. The van der Waals surface area contributed by atoms with Crippen molar-refractivity contribution in [2.75, 3.05) is 13.1 Å². The van der Waals surface area contributed by atoms with Crippen LogP contribution in [-0.2, 0) is 11.3 Å². The Morgan fingerprint density at radius 3 is 2.58 bits per heavy atom. The summed E-state index contributed by atoms with van der Waals surface area (Å²) in [5.74, 6) is 1.79. The average Bonchev–Trinajstić information content (AvgIpc) is 3.28. The smallest absolute Gasteiger partial charge is 0.410 e. The summed E-state index contributed by atoms with van der Waals surface area (Å²) in [7, 11) is 0. The molecule has 0 unspecified atom stereocenters. The summed E-state index contributed by atoms with van der Waals surface area (Å²) in [6, 6.07) is 15.3. The van der Waals surface area contributed by atoms with E-state index in [9.17, 15) is 9.59 Å². The van der Waals surface area contributed by atoms with Gasteiger partial charge < -0.3 is 14.4 Å². The Bertz CT molecular complexity index is 1910. The van der Waals surface area contributed by atoms with Crippen molar-refractivity contribution in [1.82, 2.24) is 28.8 Å². The van der Waals surface area contributed by atoms with Crippen molar-refractivity contribution >= 4 is 38.8 Å². The monoisotopic (exact) mass is 642 g/mol. The lowest BCUT2D eigenvalue weighted by molar-refractivity contribution is -0.116. The second-order valence-electron chi connectivity index (χ2n) is 12.6. The maximum atomic E-state index is 12.9. The van der Waals surface area contributed by atoms with Crippen molar-refractivity contribution in [3.63, 3.8) is 0 Å². The van der Waals surface area contributed by atoms with Gasteiger partial charge in [0, 0.05) is 40.8 Å². The van der Waals surface area contributed by atoms with E-state index >= 15 is 0 Å². The molecule has 2 fully saturated rings. The molecule has 0 N–H and O–H groups in total. The Morgan fingerprint density at radius 1 is 1.07 bits per heavy atom. The molecule has 3 aromatic heterocycles. The molecular weight excluding hydrogens is 612 g/mol. The molecule has 1 saturated carbocycles. The normalized spacial score (nSPS) is 16.3. The van der Waals surface area contributed by atoms with Gasteiger partial charge in [0.2, 0.25) is 5.78 Å². The first-order valence-electron chi connectivity index (χ1n) is 14.3. The van der Waals surface area contributed by atoms with Crippen LogP contribution in [0.25, 0.3) is 28.2 Å². The molecule has 220 valence electrons. The number of aromatic nitrogens is 5. The number of hydrogen-bond donors (Lipinski definition) is 0. The van der Waals surface area contributed by atoms with Crippen molar-refractivity contribution in [3.05, 3.63) is 87.5 Å². The number of imidazole rings is 1. The first-order valence-corrected chi connectivity index (χ1v) is 15.1. The number of hydrogen-bond acceptors (Lipinski definition) is 7. The number of amides is 1. The summed E-state index contributed by atoms with van der Waals surface area (Å²) in [4.78, 5) is 40.7. The molecule has 0 radical (unpaired) electrons. The molecule has 11 heteroatoms. The van der Waals surface area contributed by atoms with Crippen LogP contribution >= 0.6 is 15.9 Å². The fraction of sp³-hybridized carbons (Fsp3) is 0.344. The highest BCUT2D eigenvalue weighted by atomic mass is 79.9. The topological polar surface area (TPSA) is 104 Å². The van der Waals surface area contributed by atoms with Gasteiger partial charge in [-0.3, -0.25) is 13.8 Å². The number of carbonyl (C=O) groups is 1. The lowest BCUT2D eigenvalue weighted by Gasteiger charge is -2.58. The van der Waals surface area contributed by atoms with Crippen molar-refractivity contribution in [2.45, 2.75) is 51.9 Å². The zero-order valence-electron chi connectivity index (χ0n) is 24.2. The van der Waals surface area contributed by atoms with E-state index in [-0.39, 0.29) is 23.2 Å². The zero-order valence-corrected chi connectivity index (χ0v) is 25.7. The van der Waals surface area contributed by atoms with Gasteiger partial charge in [0.15, 0.2) is 11.6 Å². The van der Waals surface area contributed by atoms with Crippen LogP contribution in [-0.4, -0.2) is 59.7 Å². The maximum Gasteiger partial charge on any atom is 0.410 e. The quantitative estimate of drug-likeness (QED) is 0.242. The lowest BCUT2D eigenvalue weighted by Crippen LogP contribution is -2.66. The maximum absolute atomic E-state index is 12.9. The van der Waals surface area contributed by atoms with E-state index in [4.69, 9.17) is 14.5 Å². The predicted octanol–water partition coefficient (Wildman–Crippen LogP) is 5.70. The summed E-state index contributed by atoms with van der Waals surface area (Å²) >= 11 is 3.52. The molecule has 7 rings (SSSR count). The number of rotatable bonds is 5. The van der Waals surface area contributed by atoms with Crippen LogP contribution < -0.4 is 10.3 Å². The molecule has 1 spiro atoms. The SMILES string of the molecule is CC(C)(C)OC(=O)N1CC2(CC(Oc3cnc(-c4cccc(Cn5c(=O)ccn6c7cc(Br)ccc7nc56)c4)nc3)C2)C1. The lowest BCUT2D eigenvalue weighted by atomic mass is 9.62. The number of halogens is 1. The minimum atomic E-state index is -0.486. The fourth-order valence-corrected chi connectivity index (χ4v) is 6.39. The Kier molecular flexibility index (Phi) is 6.53. The molecule has 4 heterocycles. The molecule has 2 aliphatic rings. The van der Waals surface area contributed by atoms with Gasteiger partial charge in [0.05, 0.1) is 30.0 Å². The molecule has 0 bridgehead atoms. The van der Waals surface area contributed by atoms with Crippen LogP contribution in [0.15, 0.2) is 76.4 Å². The summed E-state index contributed by atoms with van der Waals surface area (Å²) in [5.41, 5.74) is 3.05. The van der Waals surface area contributed by atoms with E-state index in [2.05, 4.69) is 25.9 Å². The molecule has 1 saturated heterocycles. The molecule has 43 heavy (non-hydrogen) atoms. The third-order valence-electron chi connectivity index (χ3n) is 7.99. The molecule has 1 aliphatic carbocycles. The second-order valence-corrected chi connectivity index (χ2v) is 13.5. The van der Waals surface area contributed by atoms with Gasteiger partial charge in [0.25, 0.3) is 5.56 Å². The van der Waals surface area contributed by atoms with Crippen molar-refractivity contribution in [1.29, 1.82) is 0 Å². The first kappa shape index (κ1) is 27.6. The van der Waals surface area contributed by atoms with Gasteiger partial charge in [-0.1, -0.05) is 34.1 Å². The van der Waals surface area contributed by atoms with E-state index in [0.717, 1.165) is 39.5 Å². The summed E-state index contributed by atoms with van der Waals surface area (Å²) in [5, 5.41) is 0. The van der Waals surface area contributed by atoms with Crippen LogP contribution in [0.5, 0.6) is 5.75 Å². The molecule has 1 aliphatic heterocycles. The van der Waals surface area contributed by atoms with Gasteiger partial charge in [-0.15, -0.1) is 0 Å². The Labute approximate surface area is 256 Å². The van der Waals surface area contributed by atoms with Crippen molar-refractivity contribution < 1.29 is 14.3 Å². The number of nitrogens with zero attached hydrogens (tertiary/aromatic N) is 6. The number of carbonyl (C=O) groups excluding carboxylic acids is 1. The summed E-state index contributed by atoms with van der Waals surface area (Å²) in [6.07, 6.45) is 6.79. The van der Waals surface area contributed by atoms with Gasteiger partial charge >= 0.3 is 6.09 Å². The Morgan fingerprint density at radius 2 is 1.84 bits per heavy atom. The largest absolute Gasteiger partial charge is 0.487 e. The Balaban J connectivity index is 1.00. The van der Waals surface area contributed by atoms with E-state index in [1.807, 2.05) is 67.6 Å². The van der Waals surface area contributed by atoms with Crippen molar-refractivity contribution in [3.8, 4) is 17.1 Å². The van der Waals surface area contributed by atoms with Crippen LogP contribution in [0.1, 0.15) is 39.2 Å². The minimum Gasteiger partial charge on any atom is -0.487 e. The van der Waals surface area contributed by atoms with Gasteiger partial charge in [-0.25, -0.2) is 19.7 Å². The molecule has 2 aromatic carbocycles. The predicted molar refractivity (Wildman–Crippen MR) is 165 cm³/mol. The molecule has 5 aromatic rings. The number of likely N-dealkylation sites (tertiary alicyclic amines) is 1. The van der Waals surface area contributed by atoms with Gasteiger partial charge in [-0.05, 0) is 63.4 Å². The van der Waals surface area contributed by atoms with Crippen LogP contribution in [0.3, 0.4) is 0 Å². The minimum absolute atomic E-state index is 0.0833. The average molecular weight is 644 g/mol. The molecule has 0 atom stereocenters. The highest BCUT2D eigenvalue weighted by Gasteiger charge is 2.55.